The molecule has 1 aliphatic heterocycles. The van der Waals surface area contributed by atoms with E-state index in [1.165, 1.54) is 6.07 Å². The molecule has 0 atom stereocenters. The van der Waals surface area contributed by atoms with Crippen LogP contribution in [0.15, 0.2) is 18.2 Å². The third-order valence-electron chi connectivity index (χ3n) is 2.80. The first-order valence-electron chi connectivity index (χ1n) is 5.28. The lowest BCUT2D eigenvalue weighted by molar-refractivity contribution is 0.0694. The Hall–Kier alpha value is -1.88. The van der Waals surface area contributed by atoms with Crippen LogP contribution in [0.4, 0.5) is 0 Å². The number of carboxylic acid groups (broad SMARTS) is 1. The van der Waals surface area contributed by atoms with Crippen molar-refractivity contribution in [1.82, 2.24) is 4.90 Å². The summed E-state index contributed by atoms with van der Waals surface area (Å²) in [5, 5.41) is 8.87. The van der Waals surface area contributed by atoms with Crippen LogP contribution in [0.2, 0.25) is 0 Å². The van der Waals surface area contributed by atoms with Gasteiger partial charge in [0.1, 0.15) is 0 Å². The van der Waals surface area contributed by atoms with E-state index in [0.717, 1.165) is 5.56 Å². The number of aromatic carboxylic acids is 1. The van der Waals surface area contributed by atoms with Gasteiger partial charge in [-0.1, -0.05) is 0 Å². The molecule has 0 saturated carbocycles. The number of fused-ring (bicyclic) bond motifs is 1. The molecule has 1 amide bonds. The molecule has 2 rings (SSSR count). The summed E-state index contributed by atoms with van der Waals surface area (Å²) in [7, 11) is 1.58. The number of amides is 1. The number of carbonyl (C=O) groups excluding carboxylic acids is 1. The zero-order valence-corrected chi connectivity index (χ0v) is 9.47. The minimum absolute atomic E-state index is 0.0611. The van der Waals surface area contributed by atoms with Crippen LogP contribution in [-0.2, 0) is 11.3 Å². The summed E-state index contributed by atoms with van der Waals surface area (Å²) >= 11 is 0. The Bertz CT molecular complexity index is 470. The van der Waals surface area contributed by atoms with Crippen molar-refractivity contribution in [3.8, 4) is 0 Å². The smallest absolute Gasteiger partial charge is 0.335 e. The van der Waals surface area contributed by atoms with Gasteiger partial charge in [0.05, 0.1) is 12.2 Å². The van der Waals surface area contributed by atoms with Crippen molar-refractivity contribution in [1.29, 1.82) is 0 Å². The van der Waals surface area contributed by atoms with Gasteiger partial charge in [-0.15, -0.1) is 0 Å². The molecule has 5 heteroatoms. The maximum atomic E-state index is 11.9. The van der Waals surface area contributed by atoms with E-state index in [1.54, 1.807) is 24.1 Å². The average molecular weight is 235 g/mol. The molecule has 1 aliphatic rings. The van der Waals surface area contributed by atoms with E-state index >= 15 is 0 Å². The average Bonchev–Trinajstić information content (AvgIpc) is 2.63. The van der Waals surface area contributed by atoms with E-state index in [4.69, 9.17) is 9.84 Å². The van der Waals surface area contributed by atoms with Crippen LogP contribution < -0.4 is 0 Å². The number of ether oxygens (including phenoxy) is 1. The largest absolute Gasteiger partial charge is 0.478 e. The van der Waals surface area contributed by atoms with Gasteiger partial charge in [-0.05, 0) is 23.8 Å². The van der Waals surface area contributed by atoms with Gasteiger partial charge in [0.15, 0.2) is 0 Å². The topological polar surface area (TPSA) is 66.8 Å². The zero-order valence-electron chi connectivity index (χ0n) is 9.47. The minimum atomic E-state index is -0.976. The Morgan fingerprint density at radius 2 is 2.29 bits per heavy atom. The van der Waals surface area contributed by atoms with Gasteiger partial charge in [-0.25, -0.2) is 4.79 Å². The van der Waals surface area contributed by atoms with Crippen molar-refractivity contribution < 1.29 is 19.4 Å². The van der Waals surface area contributed by atoms with Gasteiger partial charge in [-0.3, -0.25) is 4.79 Å². The number of benzene rings is 1. The van der Waals surface area contributed by atoms with Crippen LogP contribution in [0.3, 0.4) is 0 Å². The molecular weight excluding hydrogens is 222 g/mol. The summed E-state index contributed by atoms with van der Waals surface area (Å²) in [5.41, 5.74) is 1.57. The molecule has 0 spiro atoms. The predicted octanol–water partition coefficient (Wildman–Crippen LogP) is 0.987. The highest BCUT2D eigenvalue weighted by atomic mass is 16.5. The van der Waals surface area contributed by atoms with Crippen LogP contribution in [0.25, 0.3) is 0 Å². The Labute approximate surface area is 98.6 Å². The fourth-order valence-electron chi connectivity index (χ4n) is 1.90. The van der Waals surface area contributed by atoms with Gasteiger partial charge in [0.2, 0.25) is 0 Å². The molecule has 0 bridgehead atoms. The quantitative estimate of drug-likeness (QED) is 0.845. The Morgan fingerprint density at radius 3 is 2.94 bits per heavy atom. The van der Waals surface area contributed by atoms with Crippen molar-refractivity contribution in [2.45, 2.75) is 6.54 Å². The number of carboxylic acids is 1. The molecule has 0 unspecified atom stereocenters. The molecule has 1 N–H and O–H groups in total. The van der Waals surface area contributed by atoms with Gasteiger partial charge in [0.25, 0.3) is 5.91 Å². The van der Waals surface area contributed by atoms with Crippen LogP contribution in [0, 0.1) is 0 Å². The highest BCUT2D eigenvalue weighted by Crippen LogP contribution is 2.23. The normalized spacial score (nSPS) is 13.9. The molecule has 5 nitrogen and oxygen atoms in total. The number of nitrogens with zero attached hydrogens (tertiary/aromatic N) is 1. The van der Waals surface area contributed by atoms with Gasteiger partial charge in [0, 0.05) is 25.8 Å². The Kier molecular flexibility index (Phi) is 3.10. The summed E-state index contributed by atoms with van der Waals surface area (Å²) < 4.78 is 4.92. The minimum Gasteiger partial charge on any atom is -0.478 e. The molecular formula is C12H13NO4. The molecule has 90 valence electrons. The van der Waals surface area contributed by atoms with Gasteiger partial charge in [-0.2, -0.15) is 0 Å². The second-order valence-corrected chi connectivity index (χ2v) is 3.90. The lowest BCUT2D eigenvalue weighted by Gasteiger charge is -2.14. The number of carbonyl (C=O) groups is 2. The van der Waals surface area contributed by atoms with Crippen molar-refractivity contribution in [2.24, 2.45) is 0 Å². The SMILES string of the molecule is COCCN1Cc2cc(C(=O)O)ccc2C1=O. The molecule has 17 heavy (non-hydrogen) atoms. The maximum Gasteiger partial charge on any atom is 0.335 e. The first-order chi connectivity index (χ1) is 8.13. The van der Waals surface area contributed by atoms with Crippen LogP contribution in [0.5, 0.6) is 0 Å². The van der Waals surface area contributed by atoms with E-state index in [-0.39, 0.29) is 11.5 Å². The van der Waals surface area contributed by atoms with Crippen molar-refractivity contribution >= 4 is 11.9 Å². The van der Waals surface area contributed by atoms with Crippen LogP contribution >= 0.6 is 0 Å². The van der Waals surface area contributed by atoms with Crippen molar-refractivity contribution in [3.63, 3.8) is 0 Å². The van der Waals surface area contributed by atoms with E-state index in [2.05, 4.69) is 0 Å². The molecule has 1 aromatic rings. The Morgan fingerprint density at radius 1 is 1.53 bits per heavy atom. The van der Waals surface area contributed by atoms with E-state index in [9.17, 15) is 9.59 Å². The third-order valence-corrected chi connectivity index (χ3v) is 2.80. The monoisotopic (exact) mass is 235 g/mol. The molecule has 0 aromatic heterocycles. The maximum absolute atomic E-state index is 11.9. The highest BCUT2D eigenvalue weighted by Gasteiger charge is 2.27. The molecule has 1 heterocycles. The number of hydrogen-bond donors (Lipinski definition) is 1. The van der Waals surface area contributed by atoms with E-state index < -0.39 is 5.97 Å². The second-order valence-electron chi connectivity index (χ2n) is 3.90. The summed E-state index contributed by atoms with van der Waals surface area (Å²) in [4.78, 5) is 24.4. The van der Waals surface area contributed by atoms with Crippen molar-refractivity contribution in [3.05, 3.63) is 34.9 Å². The molecule has 1 aromatic carbocycles. The summed E-state index contributed by atoms with van der Waals surface area (Å²) in [6, 6.07) is 4.59. The Balaban J connectivity index is 2.22. The standard InChI is InChI=1S/C12H13NO4/c1-17-5-4-13-7-9-6-8(12(15)16)2-3-10(9)11(13)14/h2-3,6H,4-5,7H2,1H3,(H,15,16). The predicted molar refractivity (Wildman–Crippen MR) is 60.0 cm³/mol. The van der Waals surface area contributed by atoms with E-state index in [0.29, 0.717) is 25.3 Å². The molecule has 0 saturated heterocycles. The fourth-order valence-corrected chi connectivity index (χ4v) is 1.90. The third kappa shape index (κ3) is 2.14. The second kappa shape index (κ2) is 4.55. The van der Waals surface area contributed by atoms with Crippen LogP contribution in [-0.4, -0.2) is 42.1 Å². The lowest BCUT2D eigenvalue weighted by Crippen LogP contribution is -2.27. The van der Waals surface area contributed by atoms with E-state index in [1.807, 2.05) is 0 Å². The number of methoxy groups -OCH3 is 1. The summed E-state index contributed by atoms with van der Waals surface area (Å²) in [6.45, 7) is 1.45. The van der Waals surface area contributed by atoms with Gasteiger partial charge < -0.3 is 14.7 Å². The number of rotatable bonds is 4. The first kappa shape index (κ1) is 11.6. The lowest BCUT2D eigenvalue weighted by atomic mass is 10.1. The molecule has 0 fully saturated rings. The zero-order chi connectivity index (χ0) is 12.4. The highest BCUT2D eigenvalue weighted by molar-refractivity contribution is 5.99. The van der Waals surface area contributed by atoms with Crippen molar-refractivity contribution in [2.75, 3.05) is 20.3 Å². The fraction of sp³-hybridized carbons (Fsp3) is 0.333. The molecule has 0 aliphatic carbocycles. The van der Waals surface area contributed by atoms with Crippen LogP contribution in [0.1, 0.15) is 26.3 Å². The summed E-state index contributed by atoms with van der Waals surface area (Å²) in [6.07, 6.45) is 0. The van der Waals surface area contributed by atoms with Gasteiger partial charge >= 0.3 is 5.97 Å². The number of hydrogen-bond acceptors (Lipinski definition) is 3. The molecule has 0 radical (unpaired) electrons. The summed E-state index contributed by atoms with van der Waals surface area (Å²) in [5.74, 6) is -1.04. The first-order valence-corrected chi connectivity index (χ1v) is 5.28.